The van der Waals surface area contributed by atoms with Crippen LogP contribution in [0.15, 0.2) is 18.7 Å². The number of amides is 1. The van der Waals surface area contributed by atoms with Gasteiger partial charge in [-0.2, -0.15) is 0 Å². The van der Waals surface area contributed by atoms with Gasteiger partial charge in [-0.25, -0.2) is 0 Å². The van der Waals surface area contributed by atoms with Crippen LogP contribution in [0.1, 0.15) is 11.1 Å². The summed E-state index contributed by atoms with van der Waals surface area (Å²) < 4.78 is 0. The van der Waals surface area contributed by atoms with Gasteiger partial charge in [0, 0.05) is 11.6 Å². The van der Waals surface area contributed by atoms with Crippen molar-refractivity contribution >= 4 is 40.4 Å². The van der Waals surface area contributed by atoms with E-state index < -0.39 is 0 Å². The van der Waals surface area contributed by atoms with Crippen molar-refractivity contribution in [3.63, 3.8) is 0 Å². The summed E-state index contributed by atoms with van der Waals surface area (Å²) >= 11 is 11.8. The van der Waals surface area contributed by atoms with Gasteiger partial charge in [0.25, 0.3) is 0 Å². The van der Waals surface area contributed by atoms with Crippen molar-refractivity contribution in [2.75, 3.05) is 11.2 Å². The number of rotatable bonds is 2. The van der Waals surface area contributed by atoms with E-state index in [1.807, 2.05) is 6.07 Å². The predicted molar refractivity (Wildman–Crippen MR) is 63.5 cm³/mol. The van der Waals surface area contributed by atoms with Crippen LogP contribution in [-0.2, 0) is 11.2 Å². The van der Waals surface area contributed by atoms with E-state index in [0.29, 0.717) is 17.3 Å². The molecule has 1 aromatic rings. The van der Waals surface area contributed by atoms with Gasteiger partial charge in [-0.1, -0.05) is 18.2 Å². The maximum Gasteiger partial charge on any atom is 0.228 e. The molecule has 1 aromatic carbocycles. The average Bonchev–Trinajstić information content (AvgIpc) is 2.55. The first-order valence-electron chi connectivity index (χ1n) is 4.48. The lowest BCUT2D eigenvalue weighted by molar-refractivity contribution is -0.115. The van der Waals surface area contributed by atoms with E-state index in [1.54, 1.807) is 6.07 Å². The van der Waals surface area contributed by atoms with E-state index in [-0.39, 0.29) is 5.91 Å². The Bertz CT molecular complexity index is 454. The Morgan fingerprint density at radius 2 is 2.27 bits per heavy atom. The third kappa shape index (κ3) is 1.87. The Kier molecular flexibility index (Phi) is 2.72. The number of allylic oxidation sites excluding steroid dienone is 1. The van der Waals surface area contributed by atoms with Gasteiger partial charge < -0.3 is 5.32 Å². The average molecular weight is 242 g/mol. The van der Waals surface area contributed by atoms with Gasteiger partial charge in [0.15, 0.2) is 0 Å². The molecule has 0 spiro atoms. The summed E-state index contributed by atoms with van der Waals surface area (Å²) in [4.78, 5) is 11.2. The molecular formula is C11H9Cl2NO. The minimum absolute atomic E-state index is 0.00491. The van der Waals surface area contributed by atoms with E-state index in [4.69, 9.17) is 23.2 Å². The highest BCUT2D eigenvalue weighted by Gasteiger charge is 2.19. The fourth-order valence-electron chi connectivity index (χ4n) is 1.59. The summed E-state index contributed by atoms with van der Waals surface area (Å²) in [6, 6.07) is 3.62. The molecule has 0 bridgehead atoms. The number of fused-ring (bicyclic) bond motifs is 1. The quantitative estimate of drug-likeness (QED) is 0.793. The lowest BCUT2D eigenvalue weighted by atomic mass is 10.0. The molecule has 0 aromatic heterocycles. The molecule has 0 saturated carbocycles. The zero-order chi connectivity index (χ0) is 11.0. The van der Waals surface area contributed by atoms with Crippen LogP contribution in [0.2, 0.25) is 5.02 Å². The van der Waals surface area contributed by atoms with Crippen LogP contribution in [-0.4, -0.2) is 11.8 Å². The monoisotopic (exact) mass is 241 g/mol. The second kappa shape index (κ2) is 3.87. The van der Waals surface area contributed by atoms with Crippen LogP contribution >= 0.6 is 23.2 Å². The van der Waals surface area contributed by atoms with Crippen LogP contribution < -0.4 is 5.32 Å². The summed E-state index contributed by atoms with van der Waals surface area (Å²) in [7, 11) is 0. The van der Waals surface area contributed by atoms with Crippen LogP contribution in [0.5, 0.6) is 0 Å². The summed E-state index contributed by atoms with van der Waals surface area (Å²) in [5.74, 6) is 0.328. The molecule has 15 heavy (non-hydrogen) atoms. The fourth-order valence-corrected chi connectivity index (χ4v) is 2.03. The van der Waals surface area contributed by atoms with Crippen molar-refractivity contribution in [2.45, 2.75) is 6.42 Å². The van der Waals surface area contributed by atoms with Crippen LogP contribution in [0.4, 0.5) is 5.69 Å². The maximum atomic E-state index is 11.2. The van der Waals surface area contributed by atoms with E-state index in [9.17, 15) is 4.79 Å². The number of hydrogen-bond donors (Lipinski definition) is 1. The van der Waals surface area contributed by atoms with E-state index >= 15 is 0 Å². The second-order valence-electron chi connectivity index (χ2n) is 3.45. The molecular weight excluding hydrogens is 233 g/mol. The molecule has 4 heteroatoms. The fraction of sp³-hybridized carbons (Fsp3) is 0.182. The first kappa shape index (κ1) is 10.5. The maximum absolute atomic E-state index is 11.2. The van der Waals surface area contributed by atoms with Gasteiger partial charge >= 0.3 is 0 Å². The lowest BCUT2D eigenvalue weighted by Gasteiger charge is -2.07. The third-order valence-corrected chi connectivity index (χ3v) is 3.00. The summed E-state index contributed by atoms with van der Waals surface area (Å²) in [6.45, 7) is 3.83. The molecule has 0 radical (unpaired) electrons. The van der Waals surface area contributed by atoms with Gasteiger partial charge in [0.1, 0.15) is 0 Å². The van der Waals surface area contributed by atoms with Gasteiger partial charge in [-0.15, -0.1) is 11.6 Å². The molecule has 0 saturated heterocycles. The molecule has 2 nitrogen and oxygen atoms in total. The van der Waals surface area contributed by atoms with Crippen molar-refractivity contribution in [1.82, 2.24) is 0 Å². The van der Waals surface area contributed by atoms with Gasteiger partial charge in [0.05, 0.1) is 11.4 Å². The Balaban J connectivity index is 2.48. The Morgan fingerprint density at radius 3 is 2.93 bits per heavy atom. The minimum Gasteiger partial charge on any atom is -0.325 e. The normalized spacial score (nSPS) is 13.6. The first-order valence-corrected chi connectivity index (χ1v) is 5.39. The SMILES string of the molecule is C=C(CCl)c1cc2c(cc1Cl)NC(=O)C2. The zero-order valence-corrected chi connectivity index (χ0v) is 9.45. The van der Waals surface area contributed by atoms with Crippen LogP contribution in [0, 0.1) is 0 Å². The number of anilines is 1. The molecule has 1 N–H and O–H groups in total. The lowest BCUT2D eigenvalue weighted by Crippen LogP contribution is -2.03. The van der Waals surface area contributed by atoms with Crippen molar-refractivity contribution < 1.29 is 4.79 Å². The first-order chi connectivity index (χ1) is 7.11. The highest BCUT2D eigenvalue weighted by Crippen LogP contribution is 2.32. The Morgan fingerprint density at radius 1 is 1.53 bits per heavy atom. The number of carbonyl (C=O) groups is 1. The van der Waals surface area contributed by atoms with Crippen molar-refractivity contribution in [3.8, 4) is 0 Å². The highest BCUT2D eigenvalue weighted by molar-refractivity contribution is 6.33. The molecule has 0 aliphatic carbocycles. The van der Waals surface area contributed by atoms with E-state index in [2.05, 4.69) is 11.9 Å². The molecule has 0 unspecified atom stereocenters. The molecule has 1 heterocycles. The van der Waals surface area contributed by atoms with E-state index in [0.717, 1.165) is 22.4 Å². The third-order valence-electron chi connectivity index (χ3n) is 2.36. The van der Waals surface area contributed by atoms with Gasteiger partial charge in [0.2, 0.25) is 5.91 Å². The smallest absolute Gasteiger partial charge is 0.228 e. The van der Waals surface area contributed by atoms with Crippen molar-refractivity contribution in [3.05, 3.63) is 34.9 Å². The number of hydrogen-bond acceptors (Lipinski definition) is 1. The molecule has 2 rings (SSSR count). The van der Waals surface area contributed by atoms with Gasteiger partial charge in [-0.05, 0) is 28.8 Å². The Labute approximate surface area is 97.9 Å². The molecule has 1 amide bonds. The molecule has 1 aliphatic rings. The van der Waals surface area contributed by atoms with Crippen molar-refractivity contribution in [2.24, 2.45) is 0 Å². The number of alkyl halides is 1. The number of nitrogens with one attached hydrogen (secondary N) is 1. The van der Waals surface area contributed by atoms with Crippen LogP contribution in [0.25, 0.3) is 5.57 Å². The van der Waals surface area contributed by atoms with Crippen LogP contribution in [0.3, 0.4) is 0 Å². The molecule has 0 atom stereocenters. The Hall–Kier alpha value is -0.990. The number of benzene rings is 1. The number of halogens is 2. The largest absolute Gasteiger partial charge is 0.325 e. The highest BCUT2D eigenvalue weighted by atomic mass is 35.5. The predicted octanol–water partition coefficient (Wildman–Crippen LogP) is 3.09. The summed E-state index contributed by atoms with van der Waals surface area (Å²) in [6.07, 6.45) is 0.398. The van der Waals surface area contributed by atoms with Crippen molar-refractivity contribution in [1.29, 1.82) is 0 Å². The summed E-state index contributed by atoms with van der Waals surface area (Å²) in [5.41, 5.74) is 3.33. The zero-order valence-electron chi connectivity index (χ0n) is 7.94. The van der Waals surface area contributed by atoms with Gasteiger partial charge in [-0.3, -0.25) is 4.79 Å². The molecule has 1 aliphatic heterocycles. The molecule has 78 valence electrons. The summed E-state index contributed by atoms with van der Waals surface area (Å²) in [5, 5.41) is 3.31. The number of carbonyl (C=O) groups excluding carboxylic acids is 1. The standard InChI is InChI=1S/C11H9Cl2NO/c1-6(5-12)8-2-7-3-11(15)14-10(7)4-9(8)13/h2,4H,1,3,5H2,(H,14,15). The molecule has 0 fully saturated rings. The topological polar surface area (TPSA) is 29.1 Å². The minimum atomic E-state index is -0.00491. The second-order valence-corrected chi connectivity index (χ2v) is 4.13. The van der Waals surface area contributed by atoms with E-state index in [1.165, 1.54) is 0 Å².